The van der Waals surface area contributed by atoms with Crippen LogP contribution in [0, 0.1) is 34.5 Å². The summed E-state index contributed by atoms with van der Waals surface area (Å²) in [6.07, 6.45) is 6.04. The summed E-state index contributed by atoms with van der Waals surface area (Å²) in [6.45, 7) is 4.54. The van der Waals surface area contributed by atoms with Crippen LogP contribution in [0.3, 0.4) is 0 Å². The third-order valence-electron chi connectivity index (χ3n) is 8.35. The van der Waals surface area contributed by atoms with Crippen LogP contribution in [0.1, 0.15) is 58.8 Å². The molecule has 0 amide bonds. The molecule has 4 heteroatoms. The Morgan fingerprint density at radius 2 is 1.78 bits per heavy atom. The Morgan fingerprint density at radius 3 is 2.52 bits per heavy atom. The van der Waals surface area contributed by atoms with Crippen molar-refractivity contribution >= 4 is 21.7 Å². The number of Topliss-reactive ketones (excluding diaryl/α,β-unsaturated/α-hetero) is 1. The van der Waals surface area contributed by atoms with Crippen LogP contribution < -0.4 is 0 Å². The summed E-state index contributed by atoms with van der Waals surface area (Å²) >= 11 is 3.59. The molecular weight excluding hydrogens is 356 g/mol. The molecule has 0 unspecified atom stereocenters. The maximum Gasteiger partial charge on any atom is 0.152 e. The van der Waals surface area contributed by atoms with Gasteiger partial charge in [0.15, 0.2) is 5.78 Å². The summed E-state index contributed by atoms with van der Waals surface area (Å²) in [5.41, 5.74) is -0.00834. The van der Waals surface area contributed by atoms with Crippen LogP contribution in [0.25, 0.3) is 0 Å². The van der Waals surface area contributed by atoms with Crippen LogP contribution in [0.5, 0.6) is 0 Å². The highest BCUT2D eigenvalue weighted by atomic mass is 79.9. The maximum atomic E-state index is 12.7. The molecular formula is C19H29BrO3. The minimum Gasteiger partial charge on any atom is -0.393 e. The van der Waals surface area contributed by atoms with Crippen molar-refractivity contribution in [3.63, 3.8) is 0 Å². The summed E-state index contributed by atoms with van der Waals surface area (Å²) in [4.78, 5) is 12.7. The number of alkyl halides is 1. The number of carbonyl (C=O) groups excluding carboxylic acids is 1. The van der Waals surface area contributed by atoms with Crippen molar-refractivity contribution in [1.82, 2.24) is 0 Å². The van der Waals surface area contributed by atoms with Crippen LogP contribution >= 0.6 is 15.9 Å². The second-order valence-electron chi connectivity index (χ2n) is 9.25. The van der Waals surface area contributed by atoms with E-state index in [4.69, 9.17) is 0 Å². The van der Waals surface area contributed by atoms with Crippen LogP contribution in [-0.2, 0) is 4.79 Å². The first kappa shape index (κ1) is 16.5. The average molecular weight is 385 g/mol. The zero-order valence-electron chi connectivity index (χ0n) is 14.2. The first-order valence-corrected chi connectivity index (χ1v) is 10.2. The number of aliphatic hydroxyl groups is 2. The van der Waals surface area contributed by atoms with Gasteiger partial charge < -0.3 is 10.2 Å². The second kappa shape index (κ2) is 5.28. The lowest BCUT2D eigenvalue weighted by molar-refractivity contribution is -0.171. The minimum atomic E-state index is -0.307. The zero-order chi connectivity index (χ0) is 16.6. The van der Waals surface area contributed by atoms with Crippen LogP contribution in [0.15, 0.2) is 0 Å². The van der Waals surface area contributed by atoms with Gasteiger partial charge in [-0.1, -0.05) is 29.8 Å². The van der Waals surface area contributed by atoms with Gasteiger partial charge in [0.25, 0.3) is 0 Å². The molecule has 0 aromatic carbocycles. The largest absolute Gasteiger partial charge is 0.393 e. The highest BCUT2D eigenvalue weighted by molar-refractivity contribution is 9.10. The normalized spacial score (nSPS) is 59.2. The van der Waals surface area contributed by atoms with Gasteiger partial charge in [0.05, 0.1) is 17.0 Å². The SMILES string of the molecule is C[C@]12CC[C@H](O)C[C@@H]1C[C@H](O)[C@@H]1[C@@H]2CC[C@]2(C)C(=O)[C@@H](Br)C[C@@H]12. The lowest BCUT2D eigenvalue weighted by atomic mass is 9.44. The molecule has 4 rings (SSSR count). The molecule has 0 bridgehead atoms. The Morgan fingerprint density at radius 1 is 1.04 bits per heavy atom. The summed E-state index contributed by atoms with van der Waals surface area (Å²) in [6, 6.07) is 0. The van der Waals surface area contributed by atoms with E-state index in [2.05, 4.69) is 29.8 Å². The van der Waals surface area contributed by atoms with Gasteiger partial charge >= 0.3 is 0 Å². The van der Waals surface area contributed by atoms with E-state index in [0.29, 0.717) is 23.5 Å². The van der Waals surface area contributed by atoms with E-state index in [1.807, 2.05) is 0 Å². The molecule has 3 nitrogen and oxygen atoms in total. The molecule has 2 N–H and O–H groups in total. The Balaban J connectivity index is 1.69. The van der Waals surface area contributed by atoms with E-state index >= 15 is 0 Å². The molecule has 0 radical (unpaired) electrons. The number of carbonyl (C=O) groups is 1. The predicted molar refractivity (Wildman–Crippen MR) is 92.2 cm³/mol. The van der Waals surface area contributed by atoms with E-state index in [1.165, 1.54) is 0 Å². The average Bonchev–Trinajstić information content (AvgIpc) is 2.73. The number of aliphatic hydroxyl groups excluding tert-OH is 2. The maximum absolute atomic E-state index is 12.7. The number of fused-ring (bicyclic) bond motifs is 5. The molecule has 0 aromatic heterocycles. The number of hydrogen-bond donors (Lipinski definition) is 2. The number of hydrogen-bond acceptors (Lipinski definition) is 3. The standard InChI is InChI=1S/C19H29BrO3/c1-18-5-3-11(21)7-10(18)8-15(22)16-12(18)4-6-19(2)13(16)9-14(20)17(19)23/h10-16,21-22H,3-9H2,1-2H3/t10-,11+,12+,13+,14+,15+,16-,18+,19+/m1/s1. The number of halogens is 1. The van der Waals surface area contributed by atoms with Crippen LogP contribution in [0.4, 0.5) is 0 Å². The van der Waals surface area contributed by atoms with Crippen molar-refractivity contribution in [2.75, 3.05) is 0 Å². The molecule has 9 atom stereocenters. The van der Waals surface area contributed by atoms with Gasteiger partial charge in [-0.05, 0) is 74.0 Å². The van der Waals surface area contributed by atoms with Gasteiger partial charge in [-0.25, -0.2) is 0 Å². The predicted octanol–water partition coefficient (Wildman–Crippen LogP) is 3.30. The summed E-state index contributed by atoms with van der Waals surface area (Å²) in [7, 11) is 0. The first-order chi connectivity index (χ1) is 10.8. The molecule has 4 aliphatic rings. The summed E-state index contributed by atoms with van der Waals surface area (Å²) in [5.74, 6) is 1.88. The van der Waals surface area contributed by atoms with Crippen LogP contribution in [0.2, 0.25) is 0 Å². The topological polar surface area (TPSA) is 57.5 Å². The number of rotatable bonds is 0. The smallest absolute Gasteiger partial charge is 0.152 e. The Hall–Kier alpha value is 0.0700. The molecule has 23 heavy (non-hydrogen) atoms. The Kier molecular flexibility index (Phi) is 3.80. The van der Waals surface area contributed by atoms with Gasteiger partial charge in [0.1, 0.15) is 0 Å². The van der Waals surface area contributed by atoms with E-state index < -0.39 is 0 Å². The molecule has 4 aliphatic carbocycles. The lowest BCUT2D eigenvalue weighted by Gasteiger charge is -2.61. The fraction of sp³-hybridized carbons (Fsp3) is 0.947. The summed E-state index contributed by atoms with van der Waals surface area (Å²) < 4.78 is 0. The van der Waals surface area contributed by atoms with Gasteiger partial charge in [0.2, 0.25) is 0 Å². The number of ketones is 1. The fourth-order valence-electron chi connectivity index (χ4n) is 6.95. The lowest BCUT2D eigenvalue weighted by Crippen LogP contribution is -2.58. The van der Waals surface area contributed by atoms with E-state index in [-0.39, 0.29) is 33.8 Å². The molecule has 0 spiro atoms. The fourth-order valence-corrected chi connectivity index (χ4v) is 7.88. The molecule has 0 heterocycles. The van der Waals surface area contributed by atoms with Crippen LogP contribution in [-0.4, -0.2) is 33.0 Å². The monoisotopic (exact) mass is 384 g/mol. The van der Waals surface area contributed by atoms with Crippen molar-refractivity contribution in [3.8, 4) is 0 Å². The minimum absolute atomic E-state index is 0.0258. The quantitative estimate of drug-likeness (QED) is 0.629. The zero-order valence-corrected chi connectivity index (χ0v) is 15.8. The van der Waals surface area contributed by atoms with Crippen molar-refractivity contribution in [1.29, 1.82) is 0 Å². The van der Waals surface area contributed by atoms with Gasteiger partial charge in [-0.2, -0.15) is 0 Å². The molecule has 0 aliphatic heterocycles. The van der Waals surface area contributed by atoms with Gasteiger partial charge in [-0.3, -0.25) is 4.79 Å². The van der Waals surface area contributed by atoms with E-state index in [0.717, 1.165) is 44.9 Å². The summed E-state index contributed by atoms with van der Waals surface area (Å²) in [5, 5.41) is 21.0. The molecule has 0 aromatic rings. The van der Waals surface area contributed by atoms with Gasteiger partial charge in [-0.15, -0.1) is 0 Å². The molecule has 130 valence electrons. The molecule has 0 saturated heterocycles. The van der Waals surface area contributed by atoms with Gasteiger partial charge in [0, 0.05) is 5.41 Å². The third kappa shape index (κ3) is 2.17. The Bertz CT molecular complexity index is 523. The molecule has 4 fully saturated rings. The highest BCUT2D eigenvalue weighted by Crippen LogP contribution is 2.65. The van der Waals surface area contributed by atoms with Crippen molar-refractivity contribution in [3.05, 3.63) is 0 Å². The van der Waals surface area contributed by atoms with E-state index in [1.54, 1.807) is 0 Å². The first-order valence-electron chi connectivity index (χ1n) is 9.32. The van der Waals surface area contributed by atoms with Crippen molar-refractivity contribution < 1.29 is 15.0 Å². The Labute approximate surface area is 147 Å². The second-order valence-corrected chi connectivity index (χ2v) is 10.4. The third-order valence-corrected chi connectivity index (χ3v) is 9.14. The van der Waals surface area contributed by atoms with E-state index in [9.17, 15) is 15.0 Å². The van der Waals surface area contributed by atoms with Crippen molar-refractivity contribution in [2.24, 2.45) is 34.5 Å². The molecule has 4 saturated carbocycles. The van der Waals surface area contributed by atoms with Crippen molar-refractivity contribution in [2.45, 2.75) is 75.8 Å². The highest BCUT2D eigenvalue weighted by Gasteiger charge is 2.64.